The number of carbonyl (C=O) groups is 2. The number of nitrogens with zero attached hydrogens (tertiary/aromatic N) is 1. The lowest BCUT2D eigenvalue weighted by atomic mass is 9.88. The van der Waals surface area contributed by atoms with E-state index in [1.54, 1.807) is 11.4 Å². The molecule has 34 heavy (non-hydrogen) atoms. The number of amides is 2. The highest BCUT2D eigenvalue weighted by molar-refractivity contribution is 7.14. The zero-order chi connectivity index (χ0) is 23.8. The van der Waals surface area contributed by atoms with Gasteiger partial charge in [0.05, 0.1) is 17.7 Å². The Balaban J connectivity index is 1.30. The molecule has 4 rings (SSSR count). The molecule has 0 spiro atoms. The van der Waals surface area contributed by atoms with Crippen molar-refractivity contribution >= 4 is 28.3 Å². The molecular weight excluding hydrogens is 449 g/mol. The van der Waals surface area contributed by atoms with Gasteiger partial charge in [-0.3, -0.25) is 14.9 Å². The summed E-state index contributed by atoms with van der Waals surface area (Å²) in [6.07, 6.45) is 0.869. The van der Waals surface area contributed by atoms with Gasteiger partial charge in [-0.05, 0) is 29.7 Å². The zero-order valence-corrected chi connectivity index (χ0v) is 19.2. The van der Waals surface area contributed by atoms with Gasteiger partial charge in [0.1, 0.15) is 5.82 Å². The molecule has 5 nitrogen and oxygen atoms in total. The maximum absolute atomic E-state index is 13.8. The molecule has 1 aromatic heterocycles. The van der Waals surface area contributed by atoms with Crippen LogP contribution < -0.4 is 10.6 Å². The van der Waals surface area contributed by atoms with E-state index in [-0.39, 0.29) is 23.8 Å². The molecule has 3 aromatic carbocycles. The second-order valence-corrected chi connectivity index (χ2v) is 8.63. The molecule has 0 fully saturated rings. The highest BCUT2D eigenvalue weighted by Gasteiger charge is 2.16. The summed E-state index contributed by atoms with van der Waals surface area (Å²) in [5.41, 5.74) is 2.91. The molecule has 0 aliphatic carbocycles. The molecule has 0 saturated heterocycles. The molecule has 2 N–H and O–H groups in total. The van der Waals surface area contributed by atoms with Gasteiger partial charge in [-0.25, -0.2) is 9.37 Å². The predicted octanol–water partition coefficient (Wildman–Crippen LogP) is 5.42. The lowest BCUT2D eigenvalue weighted by Gasteiger charge is -2.18. The van der Waals surface area contributed by atoms with E-state index in [4.69, 9.17) is 0 Å². The van der Waals surface area contributed by atoms with Gasteiger partial charge >= 0.3 is 0 Å². The van der Waals surface area contributed by atoms with Gasteiger partial charge < -0.3 is 5.32 Å². The van der Waals surface area contributed by atoms with Crippen LogP contribution in [0.15, 0.2) is 90.3 Å². The summed E-state index contributed by atoms with van der Waals surface area (Å²) in [6, 6.07) is 26.2. The SMILES string of the molecule is O=C(Cc1csc(NC(=O)c2ccccc2F)n1)NCCC(c1ccccc1)c1ccccc1. The average Bonchev–Trinajstić information content (AvgIpc) is 3.29. The summed E-state index contributed by atoms with van der Waals surface area (Å²) >= 11 is 1.20. The normalized spacial score (nSPS) is 10.8. The van der Waals surface area contributed by atoms with Crippen LogP contribution in [0.4, 0.5) is 9.52 Å². The highest BCUT2D eigenvalue weighted by Crippen LogP contribution is 2.27. The number of nitrogens with one attached hydrogen (secondary N) is 2. The minimum atomic E-state index is -0.597. The summed E-state index contributed by atoms with van der Waals surface area (Å²) in [5.74, 6) is -1.13. The fourth-order valence-corrected chi connectivity index (χ4v) is 4.44. The molecule has 2 amide bonds. The first kappa shape index (κ1) is 23.3. The van der Waals surface area contributed by atoms with Crippen molar-refractivity contribution in [3.05, 3.63) is 119 Å². The first-order valence-corrected chi connectivity index (χ1v) is 11.8. The third kappa shape index (κ3) is 6.14. The number of hydrogen-bond donors (Lipinski definition) is 2. The quantitative estimate of drug-likeness (QED) is 0.341. The van der Waals surface area contributed by atoms with Gasteiger partial charge in [0, 0.05) is 17.8 Å². The second kappa shape index (κ2) is 11.3. The van der Waals surface area contributed by atoms with E-state index < -0.39 is 11.7 Å². The van der Waals surface area contributed by atoms with Crippen LogP contribution in [0, 0.1) is 5.82 Å². The Morgan fingerprint density at radius 1 is 0.882 bits per heavy atom. The monoisotopic (exact) mass is 473 g/mol. The second-order valence-electron chi connectivity index (χ2n) is 7.77. The first-order chi connectivity index (χ1) is 16.6. The Morgan fingerprint density at radius 3 is 2.15 bits per heavy atom. The number of thiazole rings is 1. The zero-order valence-electron chi connectivity index (χ0n) is 18.4. The standard InChI is InChI=1S/C27H24FN3O2S/c28-24-14-8-7-13-23(24)26(33)31-27-30-21(18-34-27)17-25(32)29-16-15-22(19-9-3-1-4-10-19)20-11-5-2-6-12-20/h1-14,18,22H,15-17H2,(H,29,32)(H,30,31,33). The van der Waals surface area contributed by atoms with Crippen LogP contribution in [-0.4, -0.2) is 23.3 Å². The molecular formula is C27H24FN3O2S. The van der Waals surface area contributed by atoms with Crippen LogP contribution >= 0.6 is 11.3 Å². The maximum Gasteiger partial charge on any atom is 0.260 e. The van der Waals surface area contributed by atoms with E-state index in [0.29, 0.717) is 17.4 Å². The number of carbonyl (C=O) groups excluding carboxylic acids is 2. The molecule has 0 aliphatic heterocycles. The van der Waals surface area contributed by atoms with E-state index in [1.165, 1.54) is 40.7 Å². The van der Waals surface area contributed by atoms with Gasteiger partial charge in [-0.15, -0.1) is 11.3 Å². The number of anilines is 1. The number of hydrogen-bond acceptors (Lipinski definition) is 4. The summed E-state index contributed by atoms with van der Waals surface area (Å²) in [5, 5.41) is 7.60. The van der Waals surface area contributed by atoms with Crippen molar-refractivity contribution in [2.24, 2.45) is 0 Å². The van der Waals surface area contributed by atoms with Gasteiger partial charge in [0.2, 0.25) is 5.91 Å². The van der Waals surface area contributed by atoms with Crippen molar-refractivity contribution in [2.75, 3.05) is 11.9 Å². The lowest BCUT2D eigenvalue weighted by Crippen LogP contribution is -2.27. The topological polar surface area (TPSA) is 71.1 Å². The molecule has 0 atom stereocenters. The molecule has 7 heteroatoms. The largest absolute Gasteiger partial charge is 0.356 e. The minimum absolute atomic E-state index is 0.0524. The van der Waals surface area contributed by atoms with Gasteiger partial charge in [0.25, 0.3) is 5.91 Å². The van der Waals surface area contributed by atoms with Crippen molar-refractivity contribution in [3.63, 3.8) is 0 Å². The Kier molecular flexibility index (Phi) is 7.78. The average molecular weight is 474 g/mol. The lowest BCUT2D eigenvalue weighted by molar-refractivity contribution is -0.120. The Morgan fingerprint density at radius 2 is 1.50 bits per heavy atom. The minimum Gasteiger partial charge on any atom is -0.356 e. The number of halogens is 1. The van der Waals surface area contributed by atoms with Crippen molar-refractivity contribution < 1.29 is 14.0 Å². The van der Waals surface area contributed by atoms with Crippen LogP contribution in [-0.2, 0) is 11.2 Å². The van der Waals surface area contributed by atoms with E-state index in [1.807, 2.05) is 36.4 Å². The highest BCUT2D eigenvalue weighted by atomic mass is 32.1. The molecule has 0 bridgehead atoms. The molecule has 4 aromatic rings. The predicted molar refractivity (Wildman–Crippen MR) is 133 cm³/mol. The Bertz CT molecular complexity index is 1210. The summed E-state index contributed by atoms with van der Waals surface area (Å²) in [4.78, 5) is 29.0. The van der Waals surface area contributed by atoms with E-state index in [9.17, 15) is 14.0 Å². The van der Waals surface area contributed by atoms with E-state index >= 15 is 0 Å². The van der Waals surface area contributed by atoms with Gasteiger partial charge in [-0.1, -0.05) is 72.8 Å². The van der Waals surface area contributed by atoms with Crippen LogP contribution in [0.5, 0.6) is 0 Å². The summed E-state index contributed by atoms with van der Waals surface area (Å²) in [7, 11) is 0. The van der Waals surface area contributed by atoms with Crippen LogP contribution in [0.25, 0.3) is 0 Å². The molecule has 0 radical (unpaired) electrons. The molecule has 0 saturated carbocycles. The molecule has 172 valence electrons. The maximum atomic E-state index is 13.8. The third-order valence-corrected chi connectivity index (χ3v) is 6.20. The first-order valence-electron chi connectivity index (χ1n) is 11.0. The van der Waals surface area contributed by atoms with E-state index in [0.717, 1.165) is 6.42 Å². The van der Waals surface area contributed by atoms with Crippen molar-refractivity contribution in [3.8, 4) is 0 Å². The Labute approximate surface area is 201 Å². The third-order valence-electron chi connectivity index (χ3n) is 5.39. The smallest absolute Gasteiger partial charge is 0.260 e. The number of rotatable bonds is 9. The summed E-state index contributed by atoms with van der Waals surface area (Å²) < 4.78 is 13.8. The number of aromatic nitrogens is 1. The Hall–Kier alpha value is -3.84. The van der Waals surface area contributed by atoms with Crippen LogP contribution in [0.2, 0.25) is 0 Å². The van der Waals surface area contributed by atoms with Crippen molar-refractivity contribution in [1.82, 2.24) is 10.3 Å². The molecule has 0 unspecified atom stereocenters. The number of benzene rings is 3. The fourth-order valence-electron chi connectivity index (χ4n) is 3.73. The fraction of sp³-hybridized carbons (Fsp3) is 0.148. The van der Waals surface area contributed by atoms with Crippen LogP contribution in [0.3, 0.4) is 0 Å². The summed E-state index contributed by atoms with van der Waals surface area (Å²) in [6.45, 7) is 0.522. The molecule has 1 heterocycles. The van der Waals surface area contributed by atoms with Crippen molar-refractivity contribution in [1.29, 1.82) is 0 Å². The van der Waals surface area contributed by atoms with Crippen LogP contribution in [0.1, 0.15) is 39.5 Å². The molecule has 0 aliphatic rings. The van der Waals surface area contributed by atoms with Gasteiger partial charge in [0.15, 0.2) is 5.13 Å². The van der Waals surface area contributed by atoms with Gasteiger partial charge in [-0.2, -0.15) is 0 Å². The van der Waals surface area contributed by atoms with E-state index in [2.05, 4.69) is 39.9 Å². The van der Waals surface area contributed by atoms with Crippen molar-refractivity contribution in [2.45, 2.75) is 18.8 Å².